The van der Waals surface area contributed by atoms with Crippen molar-refractivity contribution in [3.63, 3.8) is 0 Å². The molecule has 0 aromatic heterocycles. The first-order valence-corrected chi connectivity index (χ1v) is 8.33. The van der Waals surface area contributed by atoms with E-state index in [4.69, 9.17) is 21.6 Å². The number of halogens is 4. The third-order valence-corrected chi connectivity index (χ3v) is 3.73. The van der Waals surface area contributed by atoms with Crippen molar-refractivity contribution in [2.45, 2.75) is 6.18 Å². The van der Waals surface area contributed by atoms with E-state index in [1.54, 1.807) is 0 Å². The van der Waals surface area contributed by atoms with E-state index in [-0.39, 0.29) is 5.56 Å². The molecule has 0 aliphatic rings. The van der Waals surface area contributed by atoms with E-state index in [1.807, 2.05) is 6.07 Å². The van der Waals surface area contributed by atoms with Gasteiger partial charge in [-0.05, 0) is 48.0 Å². The van der Waals surface area contributed by atoms with Crippen LogP contribution < -0.4 is 15.6 Å². The second kappa shape index (κ2) is 9.61. The summed E-state index contributed by atoms with van der Waals surface area (Å²) in [6, 6.07) is 11.2. The Bertz CT molecular complexity index is 967. The van der Waals surface area contributed by atoms with E-state index >= 15 is 0 Å². The zero-order chi connectivity index (χ0) is 21.4. The third-order valence-electron chi connectivity index (χ3n) is 3.40. The van der Waals surface area contributed by atoms with Crippen molar-refractivity contribution in [3.8, 4) is 11.8 Å². The minimum Gasteiger partial charge on any atom is -0.484 e. The average molecular weight is 424 g/mol. The van der Waals surface area contributed by atoms with E-state index in [0.717, 1.165) is 24.3 Å². The van der Waals surface area contributed by atoms with Gasteiger partial charge in [0.1, 0.15) is 5.75 Å². The van der Waals surface area contributed by atoms with Gasteiger partial charge in [-0.15, -0.1) is 0 Å². The van der Waals surface area contributed by atoms with Crippen LogP contribution in [0.1, 0.15) is 16.7 Å². The molecule has 2 aromatic carbocycles. The van der Waals surface area contributed by atoms with Crippen LogP contribution in [0, 0.1) is 11.3 Å². The Kier molecular flexibility index (Phi) is 7.22. The van der Waals surface area contributed by atoms with Crippen LogP contribution in [0.2, 0.25) is 5.02 Å². The molecule has 29 heavy (non-hydrogen) atoms. The van der Waals surface area contributed by atoms with Crippen LogP contribution in [0.3, 0.4) is 0 Å². The Morgan fingerprint density at radius 1 is 1.14 bits per heavy atom. The molecule has 150 valence electrons. The van der Waals surface area contributed by atoms with Crippen molar-refractivity contribution in [1.29, 1.82) is 5.26 Å². The SMILES string of the molecule is N#Cc1ccc(OCC(=O)NNC(=O)C=Cc2ccc(Cl)c(C(F)(F)F)c2)cc1. The molecule has 0 saturated heterocycles. The number of amides is 2. The fourth-order valence-electron chi connectivity index (χ4n) is 2.02. The fraction of sp³-hybridized carbons (Fsp3) is 0.105. The number of benzene rings is 2. The number of nitrogens with one attached hydrogen (secondary N) is 2. The first-order valence-electron chi connectivity index (χ1n) is 7.95. The topological polar surface area (TPSA) is 91.2 Å². The Hall–Kier alpha value is -3.51. The molecule has 2 N–H and O–H groups in total. The number of carbonyl (C=O) groups excluding carboxylic acids is 2. The number of hydrogen-bond donors (Lipinski definition) is 2. The standard InChI is InChI=1S/C19H13ClF3N3O3/c20-16-7-3-12(9-15(16)19(21,22)23)4-8-17(27)25-26-18(28)11-29-14-5-1-13(10-24)2-6-14/h1-9H,11H2,(H,25,27)(H,26,28). The van der Waals surface area contributed by atoms with E-state index < -0.39 is 35.2 Å². The van der Waals surface area contributed by atoms with Crippen molar-refractivity contribution >= 4 is 29.5 Å². The van der Waals surface area contributed by atoms with E-state index in [1.165, 1.54) is 30.3 Å². The number of rotatable bonds is 5. The number of ether oxygens (including phenoxy) is 1. The highest BCUT2D eigenvalue weighted by Gasteiger charge is 2.33. The predicted molar refractivity (Wildman–Crippen MR) is 98.4 cm³/mol. The summed E-state index contributed by atoms with van der Waals surface area (Å²) in [6.07, 6.45) is -2.53. The Balaban J connectivity index is 1.83. The molecule has 0 heterocycles. The van der Waals surface area contributed by atoms with Crippen LogP contribution >= 0.6 is 11.6 Å². The van der Waals surface area contributed by atoms with Gasteiger partial charge >= 0.3 is 6.18 Å². The van der Waals surface area contributed by atoms with Gasteiger partial charge in [0, 0.05) is 6.08 Å². The first-order chi connectivity index (χ1) is 13.7. The summed E-state index contributed by atoms with van der Waals surface area (Å²) in [7, 11) is 0. The van der Waals surface area contributed by atoms with Crippen molar-refractivity contribution in [3.05, 3.63) is 70.3 Å². The molecule has 0 atom stereocenters. The fourth-order valence-corrected chi connectivity index (χ4v) is 2.24. The molecule has 6 nitrogen and oxygen atoms in total. The van der Waals surface area contributed by atoms with Gasteiger partial charge in [0.25, 0.3) is 11.8 Å². The number of carbonyl (C=O) groups is 2. The first kappa shape index (κ1) is 21.8. The summed E-state index contributed by atoms with van der Waals surface area (Å²) < 4.78 is 43.6. The number of nitrogens with zero attached hydrogens (tertiary/aromatic N) is 1. The van der Waals surface area contributed by atoms with Crippen LogP contribution in [0.25, 0.3) is 6.08 Å². The summed E-state index contributed by atoms with van der Waals surface area (Å²) in [5.74, 6) is -1.07. The lowest BCUT2D eigenvalue weighted by atomic mass is 10.1. The normalized spacial score (nSPS) is 11.0. The molecular formula is C19H13ClF3N3O3. The van der Waals surface area contributed by atoms with Crippen LogP contribution in [0.4, 0.5) is 13.2 Å². The summed E-state index contributed by atoms with van der Waals surface area (Å²) in [5.41, 5.74) is 3.67. The van der Waals surface area contributed by atoms with Crippen molar-refractivity contribution < 1.29 is 27.5 Å². The van der Waals surface area contributed by atoms with E-state index in [0.29, 0.717) is 11.3 Å². The highest BCUT2D eigenvalue weighted by atomic mass is 35.5. The molecule has 0 radical (unpaired) electrons. The maximum Gasteiger partial charge on any atom is 0.417 e. The Labute approximate surface area is 168 Å². The second-order valence-corrected chi connectivity index (χ2v) is 5.94. The summed E-state index contributed by atoms with van der Waals surface area (Å²) >= 11 is 5.52. The van der Waals surface area contributed by atoms with Gasteiger partial charge in [0.2, 0.25) is 0 Å². The van der Waals surface area contributed by atoms with Crippen LogP contribution in [0.15, 0.2) is 48.5 Å². The smallest absolute Gasteiger partial charge is 0.417 e. The molecule has 2 amide bonds. The molecule has 0 aliphatic carbocycles. The monoisotopic (exact) mass is 423 g/mol. The predicted octanol–water partition coefficient (Wildman–Crippen LogP) is 3.47. The molecule has 0 fully saturated rings. The minimum absolute atomic E-state index is 0.104. The minimum atomic E-state index is -4.62. The van der Waals surface area contributed by atoms with Gasteiger partial charge in [-0.1, -0.05) is 17.7 Å². The number of nitriles is 1. The number of alkyl halides is 3. The number of hydrazine groups is 1. The van der Waals surface area contributed by atoms with Crippen molar-refractivity contribution in [1.82, 2.24) is 10.9 Å². The average Bonchev–Trinajstić information content (AvgIpc) is 2.69. The van der Waals surface area contributed by atoms with Crippen LogP contribution in [0.5, 0.6) is 5.75 Å². The van der Waals surface area contributed by atoms with Gasteiger partial charge in [-0.2, -0.15) is 18.4 Å². The summed E-state index contributed by atoms with van der Waals surface area (Å²) in [5, 5.41) is 8.24. The Morgan fingerprint density at radius 2 is 1.83 bits per heavy atom. The molecule has 0 aliphatic heterocycles. The molecular weight excluding hydrogens is 411 g/mol. The zero-order valence-corrected chi connectivity index (χ0v) is 15.3. The van der Waals surface area contributed by atoms with Crippen molar-refractivity contribution in [2.75, 3.05) is 6.61 Å². The Morgan fingerprint density at radius 3 is 2.45 bits per heavy atom. The van der Waals surface area contributed by atoms with Gasteiger partial charge < -0.3 is 4.74 Å². The van der Waals surface area contributed by atoms with E-state index in [2.05, 4.69) is 10.9 Å². The lowest BCUT2D eigenvalue weighted by Crippen LogP contribution is -2.43. The van der Waals surface area contributed by atoms with Crippen LogP contribution in [-0.4, -0.2) is 18.4 Å². The molecule has 0 saturated carbocycles. The summed E-state index contributed by atoms with van der Waals surface area (Å²) in [6.45, 7) is -0.401. The van der Waals surface area contributed by atoms with Crippen molar-refractivity contribution in [2.24, 2.45) is 0 Å². The maximum absolute atomic E-state index is 12.8. The van der Waals surface area contributed by atoms with E-state index in [9.17, 15) is 22.8 Å². The molecule has 0 unspecified atom stereocenters. The summed E-state index contributed by atoms with van der Waals surface area (Å²) in [4.78, 5) is 23.3. The molecule has 10 heteroatoms. The molecule has 0 spiro atoms. The molecule has 2 rings (SSSR count). The van der Waals surface area contributed by atoms with Gasteiger partial charge in [0.05, 0.1) is 22.2 Å². The quantitative estimate of drug-likeness (QED) is 0.569. The molecule has 2 aromatic rings. The third kappa shape index (κ3) is 6.86. The molecule has 0 bridgehead atoms. The number of hydrogen-bond acceptors (Lipinski definition) is 4. The second-order valence-electron chi connectivity index (χ2n) is 5.53. The van der Waals surface area contributed by atoms with Gasteiger partial charge in [-0.25, -0.2) is 0 Å². The highest BCUT2D eigenvalue weighted by Crippen LogP contribution is 2.35. The highest BCUT2D eigenvalue weighted by molar-refractivity contribution is 6.31. The lowest BCUT2D eigenvalue weighted by Gasteiger charge is -2.09. The van der Waals surface area contributed by atoms with Crippen LogP contribution in [-0.2, 0) is 15.8 Å². The van der Waals surface area contributed by atoms with Gasteiger partial charge in [-0.3, -0.25) is 20.4 Å². The zero-order valence-electron chi connectivity index (χ0n) is 14.6. The maximum atomic E-state index is 12.8. The lowest BCUT2D eigenvalue weighted by molar-refractivity contribution is -0.137. The van der Waals surface area contributed by atoms with Gasteiger partial charge in [0.15, 0.2) is 6.61 Å². The largest absolute Gasteiger partial charge is 0.484 e.